The maximum absolute atomic E-state index is 14.0. The summed E-state index contributed by atoms with van der Waals surface area (Å²) in [6, 6.07) is 7.03. The van der Waals surface area contributed by atoms with Crippen LogP contribution < -0.4 is 11.1 Å². The molecule has 1 aromatic carbocycles. The van der Waals surface area contributed by atoms with E-state index < -0.39 is 17.4 Å². The van der Waals surface area contributed by atoms with Crippen molar-refractivity contribution >= 4 is 28.2 Å². The van der Waals surface area contributed by atoms with Gasteiger partial charge in [-0.1, -0.05) is 12.1 Å². The molecule has 0 fully saturated rings. The van der Waals surface area contributed by atoms with Crippen molar-refractivity contribution in [3.8, 4) is 0 Å². The maximum Gasteiger partial charge on any atom is 0.197 e. The Morgan fingerprint density at radius 2 is 2.04 bits per heavy atom. The van der Waals surface area contributed by atoms with Gasteiger partial charge in [0, 0.05) is 41.5 Å². The van der Waals surface area contributed by atoms with Gasteiger partial charge in [0.2, 0.25) is 0 Å². The highest BCUT2D eigenvalue weighted by molar-refractivity contribution is 6.32. The molecular weight excluding hydrogens is 314 g/mol. The van der Waals surface area contributed by atoms with Gasteiger partial charge in [0.25, 0.3) is 0 Å². The zero-order valence-electron chi connectivity index (χ0n) is 12.7. The number of Topliss-reactive ketones (excluding diaryl/α,β-unsaturated/α-hetero) is 1. The number of hydrogen-bond acceptors (Lipinski definition) is 4. The van der Waals surface area contributed by atoms with E-state index in [0.717, 1.165) is 12.3 Å². The summed E-state index contributed by atoms with van der Waals surface area (Å²) in [7, 11) is 1.73. The van der Waals surface area contributed by atoms with Crippen LogP contribution in [-0.2, 0) is 0 Å². The molecule has 0 bridgehead atoms. The molecule has 0 aliphatic carbocycles. The molecule has 0 saturated carbocycles. The van der Waals surface area contributed by atoms with E-state index in [-0.39, 0.29) is 16.7 Å². The Morgan fingerprint density at radius 1 is 1.25 bits per heavy atom. The molecule has 0 atom stereocenters. The zero-order chi connectivity index (χ0) is 17.3. The van der Waals surface area contributed by atoms with E-state index in [4.69, 9.17) is 5.73 Å². The third-order valence-corrected chi connectivity index (χ3v) is 3.69. The molecule has 0 saturated heterocycles. The molecular formula is C17H14F2N4O. The van der Waals surface area contributed by atoms with Crippen LogP contribution in [0.15, 0.2) is 42.7 Å². The summed E-state index contributed by atoms with van der Waals surface area (Å²) < 4.78 is 27.4. The third kappa shape index (κ3) is 2.50. The van der Waals surface area contributed by atoms with Gasteiger partial charge in [-0.25, -0.2) is 13.8 Å². The number of carbonyl (C=O) groups is 1. The highest BCUT2D eigenvalue weighted by atomic mass is 19.2. The van der Waals surface area contributed by atoms with Crippen molar-refractivity contribution < 1.29 is 13.6 Å². The fourth-order valence-electron chi connectivity index (χ4n) is 2.48. The Morgan fingerprint density at radius 3 is 2.75 bits per heavy atom. The van der Waals surface area contributed by atoms with Gasteiger partial charge in [0.05, 0.1) is 0 Å². The Hall–Kier alpha value is -3.22. The number of carbonyl (C=O) groups excluding carboxylic acids is 1. The van der Waals surface area contributed by atoms with Crippen LogP contribution in [0, 0.1) is 11.6 Å². The van der Waals surface area contributed by atoms with Crippen molar-refractivity contribution in [2.75, 3.05) is 12.4 Å². The first-order chi connectivity index (χ1) is 11.6. The van der Waals surface area contributed by atoms with Gasteiger partial charge >= 0.3 is 0 Å². The van der Waals surface area contributed by atoms with Crippen LogP contribution in [-0.4, -0.2) is 22.8 Å². The summed E-state index contributed by atoms with van der Waals surface area (Å²) in [5.41, 5.74) is 5.99. The summed E-state index contributed by atoms with van der Waals surface area (Å²) in [4.78, 5) is 19.9. The number of halogens is 2. The van der Waals surface area contributed by atoms with Crippen LogP contribution in [0.2, 0.25) is 0 Å². The van der Waals surface area contributed by atoms with Gasteiger partial charge < -0.3 is 16.0 Å². The SMILES string of the molecule is CNc1ccc2c(C(=O)C(=CN)c3cccc(F)c3F)c[nH]c2n1. The molecule has 0 amide bonds. The number of allylic oxidation sites excluding steroid dienone is 1. The number of nitrogens with one attached hydrogen (secondary N) is 2. The second kappa shape index (κ2) is 6.11. The van der Waals surface area contributed by atoms with Crippen molar-refractivity contribution in [1.29, 1.82) is 0 Å². The number of fused-ring (bicyclic) bond motifs is 1. The molecule has 2 aromatic heterocycles. The number of nitrogens with two attached hydrogens (primary N) is 1. The van der Waals surface area contributed by atoms with Crippen molar-refractivity contribution in [1.82, 2.24) is 9.97 Å². The minimum atomic E-state index is -1.11. The van der Waals surface area contributed by atoms with Crippen molar-refractivity contribution in [3.63, 3.8) is 0 Å². The normalized spacial score (nSPS) is 11.7. The van der Waals surface area contributed by atoms with Crippen molar-refractivity contribution in [2.24, 2.45) is 5.73 Å². The molecule has 5 nitrogen and oxygen atoms in total. The van der Waals surface area contributed by atoms with Crippen molar-refractivity contribution in [3.05, 3.63) is 65.5 Å². The second-order valence-corrected chi connectivity index (χ2v) is 5.06. The molecule has 0 aliphatic heterocycles. The molecule has 3 aromatic rings. The van der Waals surface area contributed by atoms with Crippen LogP contribution in [0.5, 0.6) is 0 Å². The third-order valence-electron chi connectivity index (χ3n) is 3.69. The quantitative estimate of drug-likeness (QED) is 0.508. The lowest BCUT2D eigenvalue weighted by atomic mass is 9.97. The standard InChI is InChI=1S/C17H14F2N4O/c1-21-14-6-5-10-12(8-22-17(10)23-14)16(24)11(7-20)9-3-2-4-13(18)15(9)19/h2-8H,20H2,1H3,(H2,21,22,23). The lowest BCUT2D eigenvalue weighted by Gasteiger charge is -2.07. The molecule has 0 radical (unpaired) electrons. The number of hydrogen-bond donors (Lipinski definition) is 3. The predicted molar refractivity (Wildman–Crippen MR) is 88.5 cm³/mol. The number of anilines is 1. The molecule has 4 N–H and O–H groups in total. The molecule has 122 valence electrons. The summed E-state index contributed by atoms with van der Waals surface area (Å²) in [5.74, 6) is -2.04. The van der Waals surface area contributed by atoms with Gasteiger partial charge in [0.15, 0.2) is 17.4 Å². The molecule has 24 heavy (non-hydrogen) atoms. The number of H-pyrrole nitrogens is 1. The van der Waals surface area contributed by atoms with Gasteiger partial charge in [-0.05, 0) is 18.2 Å². The predicted octanol–water partition coefficient (Wildman–Crippen LogP) is 3.07. The number of rotatable bonds is 4. The van der Waals surface area contributed by atoms with E-state index in [1.165, 1.54) is 18.3 Å². The zero-order valence-corrected chi connectivity index (χ0v) is 12.7. The van der Waals surface area contributed by atoms with E-state index in [9.17, 15) is 13.6 Å². The first-order valence-electron chi connectivity index (χ1n) is 7.13. The molecule has 3 rings (SSSR count). The summed E-state index contributed by atoms with van der Waals surface area (Å²) in [5, 5.41) is 3.46. The van der Waals surface area contributed by atoms with Crippen LogP contribution in [0.3, 0.4) is 0 Å². The lowest BCUT2D eigenvalue weighted by Crippen LogP contribution is -2.07. The Kier molecular flexibility index (Phi) is 3.99. The monoisotopic (exact) mass is 328 g/mol. The second-order valence-electron chi connectivity index (χ2n) is 5.06. The van der Waals surface area contributed by atoms with Gasteiger partial charge in [-0.3, -0.25) is 4.79 Å². The lowest BCUT2D eigenvalue weighted by molar-refractivity contribution is 0.105. The van der Waals surface area contributed by atoms with E-state index in [1.54, 1.807) is 19.2 Å². The highest BCUT2D eigenvalue weighted by Gasteiger charge is 2.22. The number of ketones is 1. The number of benzene rings is 1. The minimum absolute atomic E-state index is 0.120. The van der Waals surface area contributed by atoms with Gasteiger partial charge in [-0.15, -0.1) is 0 Å². The molecule has 0 spiro atoms. The van der Waals surface area contributed by atoms with E-state index in [2.05, 4.69) is 15.3 Å². The number of aromatic nitrogens is 2. The average molecular weight is 328 g/mol. The molecule has 7 heteroatoms. The summed E-state index contributed by atoms with van der Waals surface area (Å²) in [6.07, 6.45) is 2.45. The first-order valence-corrected chi connectivity index (χ1v) is 7.13. The number of aromatic amines is 1. The Bertz CT molecular complexity index is 962. The van der Waals surface area contributed by atoms with E-state index in [0.29, 0.717) is 16.9 Å². The number of nitrogens with zero attached hydrogens (tertiary/aromatic N) is 1. The van der Waals surface area contributed by atoms with E-state index >= 15 is 0 Å². The fourth-order valence-corrected chi connectivity index (χ4v) is 2.48. The molecule has 0 aliphatic rings. The van der Waals surface area contributed by atoms with Gasteiger partial charge in [-0.2, -0.15) is 0 Å². The van der Waals surface area contributed by atoms with Gasteiger partial charge in [0.1, 0.15) is 11.5 Å². The smallest absolute Gasteiger partial charge is 0.197 e. The first kappa shape index (κ1) is 15.7. The van der Waals surface area contributed by atoms with E-state index in [1.807, 2.05) is 0 Å². The minimum Gasteiger partial charge on any atom is -0.404 e. The van der Waals surface area contributed by atoms with Crippen LogP contribution >= 0.6 is 0 Å². The van der Waals surface area contributed by atoms with Crippen LogP contribution in [0.25, 0.3) is 16.6 Å². The summed E-state index contributed by atoms with van der Waals surface area (Å²) >= 11 is 0. The number of pyridine rings is 1. The largest absolute Gasteiger partial charge is 0.404 e. The molecule has 2 heterocycles. The average Bonchev–Trinajstić information content (AvgIpc) is 3.02. The molecule has 0 unspecified atom stereocenters. The topological polar surface area (TPSA) is 83.8 Å². The Balaban J connectivity index is 2.09. The fraction of sp³-hybridized carbons (Fsp3) is 0.0588. The van der Waals surface area contributed by atoms with Crippen LogP contribution in [0.1, 0.15) is 15.9 Å². The Labute approximate surface area is 136 Å². The van der Waals surface area contributed by atoms with Crippen LogP contribution in [0.4, 0.5) is 14.6 Å². The maximum atomic E-state index is 14.0. The van der Waals surface area contributed by atoms with Crippen molar-refractivity contribution in [2.45, 2.75) is 0 Å². The summed E-state index contributed by atoms with van der Waals surface area (Å²) in [6.45, 7) is 0. The highest BCUT2D eigenvalue weighted by Crippen LogP contribution is 2.27.